The molecule has 15 heavy (non-hydrogen) atoms. The molecule has 1 amide bonds. The molecule has 1 heterocycles. The van der Waals surface area contributed by atoms with Gasteiger partial charge in [0, 0.05) is 11.9 Å². The van der Waals surface area contributed by atoms with Crippen LogP contribution >= 0.6 is 23.7 Å². The molecule has 1 aromatic rings. The highest BCUT2D eigenvalue weighted by molar-refractivity contribution is 7.08. The van der Waals surface area contributed by atoms with E-state index in [-0.39, 0.29) is 18.3 Å². The maximum atomic E-state index is 11.6. The van der Waals surface area contributed by atoms with Crippen molar-refractivity contribution in [2.75, 3.05) is 13.1 Å². The smallest absolute Gasteiger partial charge is 0.252 e. The summed E-state index contributed by atoms with van der Waals surface area (Å²) < 4.78 is 0. The third kappa shape index (κ3) is 4.64. The average molecular weight is 249 g/mol. The van der Waals surface area contributed by atoms with E-state index < -0.39 is 0 Å². The lowest BCUT2D eigenvalue weighted by Gasteiger charge is -2.03. The highest BCUT2D eigenvalue weighted by atomic mass is 35.5. The molecule has 0 unspecified atom stereocenters. The SMILES string of the molecule is Cc1cscc1C(=O)NCCCCN.Cl. The van der Waals surface area contributed by atoms with E-state index in [0.29, 0.717) is 13.1 Å². The van der Waals surface area contributed by atoms with Gasteiger partial charge in [0.05, 0.1) is 5.56 Å². The molecule has 0 saturated heterocycles. The van der Waals surface area contributed by atoms with Gasteiger partial charge in [-0.25, -0.2) is 0 Å². The van der Waals surface area contributed by atoms with Crippen LogP contribution in [0.1, 0.15) is 28.8 Å². The van der Waals surface area contributed by atoms with Gasteiger partial charge in [-0.2, -0.15) is 11.3 Å². The summed E-state index contributed by atoms with van der Waals surface area (Å²) in [6.45, 7) is 3.35. The van der Waals surface area contributed by atoms with Crippen LogP contribution in [0.5, 0.6) is 0 Å². The Morgan fingerprint density at radius 3 is 2.73 bits per heavy atom. The van der Waals surface area contributed by atoms with E-state index in [9.17, 15) is 4.79 Å². The van der Waals surface area contributed by atoms with Gasteiger partial charge in [0.15, 0.2) is 0 Å². The summed E-state index contributed by atoms with van der Waals surface area (Å²) >= 11 is 1.56. The van der Waals surface area contributed by atoms with E-state index in [1.54, 1.807) is 11.3 Å². The van der Waals surface area contributed by atoms with Gasteiger partial charge in [0.25, 0.3) is 5.91 Å². The molecule has 86 valence electrons. The van der Waals surface area contributed by atoms with Crippen LogP contribution in [0.3, 0.4) is 0 Å². The summed E-state index contributed by atoms with van der Waals surface area (Å²) in [4.78, 5) is 11.6. The van der Waals surface area contributed by atoms with Crippen LogP contribution in [0.15, 0.2) is 10.8 Å². The van der Waals surface area contributed by atoms with Crippen molar-refractivity contribution < 1.29 is 4.79 Å². The molecule has 5 heteroatoms. The molecule has 0 bridgehead atoms. The minimum Gasteiger partial charge on any atom is -0.352 e. The van der Waals surface area contributed by atoms with Crippen LogP contribution in [0.2, 0.25) is 0 Å². The summed E-state index contributed by atoms with van der Waals surface area (Å²) in [6, 6.07) is 0. The van der Waals surface area contributed by atoms with Crippen molar-refractivity contribution in [1.29, 1.82) is 0 Å². The highest BCUT2D eigenvalue weighted by Gasteiger charge is 2.07. The van der Waals surface area contributed by atoms with Crippen LogP contribution in [0, 0.1) is 6.92 Å². The Hall–Kier alpha value is -0.580. The molecule has 3 N–H and O–H groups in total. The lowest BCUT2D eigenvalue weighted by atomic mass is 10.2. The summed E-state index contributed by atoms with van der Waals surface area (Å²) in [5.41, 5.74) is 7.19. The molecular formula is C10H17ClN2OS. The van der Waals surface area contributed by atoms with Crippen LogP contribution in [0.4, 0.5) is 0 Å². The molecule has 0 atom stereocenters. The van der Waals surface area contributed by atoms with Crippen molar-refractivity contribution in [3.05, 3.63) is 21.9 Å². The number of nitrogens with one attached hydrogen (secondary N) is 1. The number of amides is 1. The molecule has 0 aromatic carbocycles. The van der Waals surface area contributed by atoms with E-state index in [4.69, 9.17) is 5.73 Å². The van der Waals surface area contributed by atoms with E-state index in [2.05, 4.69) is 5.32 Å². The third-order valence-electron chi connectivity index (χ3n) is 2.02. The van der Waals surface area contributed by atoms with E-state index >= 15 is 0 Å². The zero-order valence-electron chi connectivity index (χ0n) is 8.79. The molecule has 0 aliphatic heterocycles. The minimum atomic E-state index is 0. The number of halogens is 1. The minimum absolute atomic E-state index is 0. The number of aryl methyl sites for hydroxylation is 1. The topological polar surface area (TPSA) is 55.1 Å². The third-order valence-corrected chi connectivity index (χ3v) is 2.88. The molecule has 0 spiro atoms. The molecule has 0 saturated carbocycles. The van der Waals surface area contributed by atoms with E-state index in [1.165, 1.54) is 0 Å². The molecule has 0 fully saturated rings. The fourth-order valence-corrected chi connectivity index (χ4v) is 1.99. The zero-order chi connectivity index (χ0) is 10.4. The second-order valence-corrected chi connectivity index (χ2v) is 3.96. The summed E-state index contributed by atoms with van der Waals surface area (Å²) in [5.74, 6) is 0.0285. The first-order valence-electron chi connectivity index (χ1n) is 4.76. The van der Waals surface area contributed by atoms with Gasteiger partial charge in [-0.1, -0.05) is 0 Å². The zero-order valence-corrected chi connectivity index (χ0v) is 10.4. The molecule has 1 aromatic heterocycles. The van der Waals surface area contributed by atoms with Crippen LogP contribution < -0.4 is 11.1 Å². The lowest BCUT2D eigenvalue weighted by molar-refractivity contribution is 0.0953. The second-order valence-electron chi connectivity index (χ2n) is 3.22. The van der Waals surface area contributed by atoms with Crippen LogP contribution in [0.25, 0.3) is 0 Å². The first kappa shape index (κ1) is 14.4. The lowest BCUT2D eigenvalue weighted by Crippen LogP contribution is -2.24. The highest BCUT2D eigenvalue weighted by Crippen LogP contribution is 2.12. The number of unbranched alkanes of at least 4 members (excludes halogenated alkanes) is 1. The van der Waals surface area contributed by atoms with Gasteiger partial charge in [-0.05, 0) is 37.3 Å². The van der Waals surface area contributed by atoms with Crippen LogP contribution in [-0.4, -0.2) is 19.0 Å². The van der Waals surface area contributed by atoms with Gasteiger partial charge in [-0.15, -0.1) is 12.4 Å². The largest absolute Gasteiger partial charge is 0.352 e. The Kier molecular flexibility index (Phi) is 7.38. The summed E-state index contributed by atoms with van der Waals surface area (Å²) in [7, 11) is 0. The second kappa shape index (κ2) is 7.68. The number of carbonyl (C=O) groups is 1. The fourth-order valence-electron chi connectivity index (χ4n) is 1.16. The number of hydrogen-bond acceptors (Lipinski definition) is 3. The van der Waals surface area contributed by atoms with Crippen LogP contribution in [-0.2, 0) is 0 Å². The van der Waals surface area contributed by atoms with Crippen molar-refractivity contribution in [3.8, 4) is 0 Å². The monoisotopic (exact) mass is 248 g/mol. The van der Waals surface area contributed by atoms with Gasteiger partial charge in [0.2, 0.25) is 0 Å². The van der Waals surface area contributed by atoms with Crippen molar-refractivity contribution in [3.63, 3.8) is 0 Å². The van der Waals surface area contributed by atoms with Crippen molar-refractivity contribution in [1.82, 2.24) is 5.32 Å². The van der Waals surface area contributed by atoms with Crippen molar-refractivity contribution >= 4 is 29.7 Å². The summed E-state index contributed by atoms with van der Waals surface area (Å²) in [6.07, 6.45) is 1.91. The van der Waals surface area contributed by atoms with Crippen molar-refractivity contribution in [2.45, 2.75) is 19.8 Å². The molecule has 0 aliphatic rings. The quantitative estimate of drug-likeness (QED) is 0.783. The number of rotatable bonds is 5. The Balaban J connectivity index is 0.00000196. The predicted molar refractivity (Wildman–Crippen MR) is 66.9 cm³/mol. The number of nitrogens with two attached hydrogens (primary N) is 1. The van der Waals surface area contributed by atoms with Gasteiger partial charge in [0.1, 0.15) is 0 Å². The maximum Gasteiger partial charge on any atom is 0.252 e. The molecule has 0 aliphatic carbocycles. The standard InChI is InChI=1S/C10H16N2OS.ClH/c1-8-6-14-7-9(8)10(13)12-5-3-2-4-11;/h6-7H,2-5,11H2,1H3,(H,12,13);1H. The number of hydrogen-bond donors (Lipinski definition) is 2. The maximum absolute atomic E-state index is 11.6. The normalized spacial score (nSPS) is 9.47. The molecular weight excluding hydrogens is 232 g/mol. The fraction of sp³-hybridized carbons (Fsp3) is 0.500. The Morgan fingerprint density at radius 1 is 1.47 bits per heavy atom. The van der Waals surface area contributed by atoms with Gasteiger partial charge < -0.3 is 11.1 Å². The number of carbonyl (C=O) groups excluding carboxylic acids is 1. The Bertz CT molecular complexity index is 301. The Morgan fingerprint density at radius 2 is 2.20 bits per heavy atom. The average Bonchev–Trinajstić information content (AvgIpc) is 2.59. The van der Waals surface area contributed by atoms with Gasteiger partial charge in [-0.3, -0.25) is 4.79 Å². The van der Waals surface area contributed by atoms with E-state index in [0.717, 1.165) is 24.0 Å². The summed E-state index contributed by atoms with van der Waals surface area (Å²) in [5, 5.41) is 6.74. The molecule has 3 nitrogen and oxygen atoms in total. The number of thiophene rings is 1. The molecule has 1 rings (SSSR count). The molecule has 0 radical (unpaired) electrons. The first-order chi connectivity index (χ1) is 6.75. The van der Waals surface area contributed by atoms with Crippen molar-refractivity contribution in [2.24, 2.45) is 5.73 Å². The Labute approximate surface area is 100 Å². The first-order valence-corrected chi connectivity index (χ1v) is 5.71. The predicted octanol–water partition coefficient (Wildman–Crippen LogP) is 1.95. The van der Waals surface area contributed by atoms with Gasteiger partial charge >= 0.3 is 0 Å². The van der Waals surface area contributed by atoms with E-state index in [1.807, 2.05) is 17.7 Å².